The van der Waals surface area contributed by atoms with E-state index in [9.17, 15) is 5.11 Å². The van der Waals surface area contributed by atoms with E-state index in [0.717, 1.165) is 9.99 Å². The number of benzene rings is 1. The van der Waals surface area contributed by atoms with Gasteiger partial charge in [-0.05, 0) is 58.0 Å². The molecule has 1 aromatic rings. The second kappa shape index (κ2) is 2.87. The number of fused-ring (bicyclic) bond motifs is 1. The van der Waals surface area contributed by atoms with E-state index in [-0.39, 0.29) is 0 Å². The van der Waals surface area contributed by atoms with E-state index in [4.69, 9.17) is 0 Å². The Morgan fingerprint density at radius 3 is 2.77 bits per heavy atom. The van der Waals surface area contributed by atoms with Crippen molar-refractivity contribution in [3.8, 4) is 5.75 Å². The minimum Gasteiger partial charge on any atom is -0.507 e. The zero-order valence-corrected chi connectivity index (χ0v) is 10.1. The third-order valence-electron chi connectivity index (χ3n) is 2.95. The summed E-state index contributed by atoms with van der Waals surface area (Å²) in [5.74, 6) is 0.428. The van der Waals surface area contributed by atoms with Gasteiger partial charge in [0.25, 0.3) is 0 Å². The Bertz CT molecular complexity index is 355. The van der Waals surface area contributed by atoms with Crippen LogP contribution in [0.5, 0.6) is 5.75 Å². The first kappa shape index (κ1) is 9.31. The molecule has 13 heavy (non-hydrogen) atoms. The Morgan fingerprint density at radius 2 is 2.08 bits per heavy atom. The molecule has 0 spiro atoms. The maximum Gasteiger partial charge on any atom is 0.129 e. The van der Waals surface area contributed by atoms with Crippen LogP contribution >= 0.6 is 22.6 Å². The molecule has 0 aliphatic heterocycles. The Balaban J connectivity index is 2.64. The van der Waals surface area contributed by atoms with Crippen molar-refractivity contribution in [1.29, 1.82) is 0 Å². The Kier molecular flexibility index (Phi) is 2.06. The number of phenols is 1. The van der Waals surface area contributed by atoms with Crippen LogP contribution in [0.25, 0.3) is 0 Å². The summed E-state index contributed by atoms with van der Waals surface area (Å²) in [6.07, 6.45) is 2.30. The van der Waals surface area contributed by atoms with Crippen molar-refractivity contribution < 1.29 is 5.11 Å². The van der Waals surface area contributed by atoms with Gasteiger partial charge in [-0.15, -0.1) is 0 Å². The first-order valence-corrected chi connectivity index (χ1v) is 5.61. The van der Waals surface area contributed by atoms with Crippen molar-refractivity contribution in [1.82, 2.24) is 0 Å². The second-order valence-corrected chi connectivity index (χ2v) is 5.39. The molecule has 2 heteroatoms. The van der Waals surface area contributed by atoms with Crippen molar-refractivity contribution in [3.05, 3.63) is 26.8 Å². The van der Waals surface area contributed by atoms with Crippen molar-refractivity contribution in [2.75, 3.05) is 0 Å². The molecule has 1 aromatic carbocycles. The third-order valence-corrected chi connectivity index (χ3v) is 4.16. The van der Waals surface area contributed by atoms with Gasteiger partial charge in [0.1, 0.15) is 5.75 Å². The predicted octanol–water partition coefficient (Wildman–Crippen LogP) is 3.22. The Labute approximate surface area is 92.3 Å². The maximum atomic E-state index is 9.55. The van der Waals surface area contributed by atoms with E-state index >= 15 is 0 Å². The molecule has 0 unspecified atom stereocenters. The van der Waals surface area contributed by atoms with Gasteiger partial charge < -0.3 is 5.11 Å². The average Bonchev–Trinajstić information content (AvgIpc) is 2.35. The van der Waals surface area contributed by atoms with Crippen LogP contribution in [0.1, 0.15) is 31.4 Å². The van der Waals surface area contributed by atoms with Crippen LogP contribution in [-0.4, -0.2) is 5.11 Å². The lowest BCUT2D eigenvalue weighted by Gasteiger charge is -2.18. The average molecular weight is 288 g/mol. The number of halogens is 1. The number of aromatic hydroxyl groups is 1. The standard InChI is InChI=1S/C11H13IO/c1-11(2)6-5-7-8(11)3-4-9(13)10(7)12/h3-4,13H,5-6H2,1-2H3. The van der Waals surface area contributed by atoms with Crippen LogP contribution in [0.4, 0.5) is 0 Å². The molecule has 0 saturated carbocycles. The lowest BCUT2D eigenvalue weighted by molar-refractivity contribution is 0.470. The van der Waals surface area contributed by atoms with Gasteiger partial charge >= 0.3 is 0 Å². The molecule has 0 atom stereocenters. The van der Waals surface area contributed by atoms with Crippen molar-refractivity contribution in [3.63, 3.8) is 0 Å². The molecule has 1 nitrogen and oxygen atoms in total. The Morgan fingerprint density at radius 1 is 1.38 bits per heavy atom. The van der Waals surface area contributed by atoms with E-state index in [1.807, 2.05) is 6.07 Å². The monoisotopic (exact) mass is 288 g/mol. The van der Waals surface area contributed by atoms with Gasteiger partial charge in [0.2, 0.25) is 0 Å². The summed E-state index contributed by atoms with van der Waals surface area (Å²) in [7, 11) is 0. The van der Waals surface area contributed by atoms with Crippen LogP contribution in [0, 0.1) is 3.57 Å². The first-order chi connectivity index (χ1) is 6.02. The van der Waals surface area contributed by atoms with Gasteiger partial charge in [-0.3, -0.25) is 0 Å². The molecule has 0 bridgehead atoms. The highest BCUT2D eigenvalue weighted by molar-refractivity contribution is 14.1. The van der Waals surface area contributed by atoms with Crippen LogP contribution in [0.2, 0.25) is 0 Å². The van der Waals surface area contributed by atoms with Crippen LogP contribution in [-0.2, 0) is 11.8 Å². The van der Waals surface area contributed by atoms with E-state index in [2.05, 4.69) is 42.5 Å². The molecule has 1 aliphatic carbocycles. The summed E-state index contributed by atoms with van der Waals surface area (Å²) in [6.45, 7) is 4.54. The number of hydrogen-bond acceptors (Lipinski definition) is 1. The molecule has 0 fully saturated rings. The topological polar surface area (TPSA) is 20.2 Å². The van der Waals surface area contributed by atoms with Gasteiger partial charge in [-0.25, -0.2) is 0 Å². The number of hydrogen-bond donors (Lipinski definition) is 1. The normalized spacial score (nSPS) is 18.7. The lowest BCUT2D eigenvalue weighted by atomic mass is 9.87. The molecule has 0 radical (unpaired) electrons. The van der Waals surface area contributed by atoms with E-state index in [0.29, 0.717) is 11.2 Å². The zero-order valence-electron chi connectivity index (χ0n) is 7.89. The number of phenolic OH excluding ortho intramolecular Hbond substituents is 1. The third kappa shape index (κ3) is 1.35. The fourth-order valence-corrected chi connectivity index (χ4v) is 2.80. The predicted molar refractivity (Wildman–Crippen MR) is 62.2 cm³/mol. The van der Waals surface area contributed by atoms with Gasteiger partial charge in [-0.1, -0.05) is 19.9 Å². The first-order valence-electron chi connectivity index (χ1n) is 4.53. The van der Waals surface area contributed by atoms with Crippen molar-refractivity contribution in [2.45, 2.75) is 32.1 Å². The molecule has 0 saturated heterocycles. The van der Waals surface area contributed by atoms with Crippen LogP contribution < -0.4 is 0 Å². The van der Waals surface area contributed by atoms with Gasteiger partial charge in [0.05, 0.1) is 3.57 Å². The highest BCUT2D eigenvalue weighted by Gasteiger charge is 2.31. The molecule has 2 rings (SSSR count). The molecular formula is C11H13IO. The minimum absolute atomic E-state index is 0.295. The molecule has 0 aromatic heterocycles. The Hall–Kier alpha value is -0.250. The molecule has 0 heterocycles. The quantitative estimate of drug-likeness (QED) is 0.727. The highest BCUT2D eigenvalue weighted by atomic mass is 127. The lowest BCUT2D eigenvalue weighted by Crippen LogP contribution is -2.11. The summed E-state index contributed by atoms with van der Waals surface area (Å²) in [6, 6.07) is 3.88. The van der Waals surface area contributed by atoms with Crippen molar-refractivity contribution >= 4 is 22.6 Å². The second-order valence-electron chi connectivity index (χ2n) is 4.31. The largest absolute Gasteiger partial charge is 0.507 e. The fourth-order valence-electron chi connectivity index (χ4n) is 2.06. The summed E-state index contributed by atoms with van der Waals surface area (Å²) < 4.78 is 1.04. The fraction of sp³-hybridized carbons (Fsp3) is 0.455. The smallest absolute Gasteiger partial charge is 0.129 e. The SMILES string of the molecule is CC1(C)CCc2c1ccc(O)c2I. The van der Waals surface area contributed by atoms with Crippen molar-refractivity contribution in [2.24, 2.45) is 0 Å². The van der Waals surface area contributed by atoms with E-state index in [1.165, 1.54) is 17.5 Å². The van der Waals surface area contributed by atoms with Crippen LogP contribution in [0.3, 0.4) is 0 Å². The zero-order chi connectivity index (χ0) is 9.64. The van der Waals surface area contributed by atoms with Crippen LogP contribution in [0.15, 0.2) is 12.1 Å². The summed E-state index contributed by atoms with van der Waals surface area (Å²) in [5, 5.41) is 9.55. The summed E-state index contributed by atoms with van der Waals surface area (Å²) in [5.41, 5.74) is 3.06. The molecule has 1 aliphatic rings. The summed E-state index contributed by atoms with van der Waals surface area (Å²) in [4.78, 5) is 0. The summed E-state index contributed by atoms with van der Waals surface area (Å²) >= 11 is 2.24. The minimum atomic E-state index is 0.295. The van der Waals surface area contributed by atoms with Gasteiger partial charge in [0.15, 0.2) is 0 Å². The molecular weight excluding hydrogens is 275 g/mol. The highest BCUT2D eigenvalue weighted by Crippen LogP contribution is 2.42. The van der Waals surface area contributed by atoms with E-state index in [1.54, 1.807) is 0 Å². The van der Waals surface area contributed by atoms with E-state index < -0.39 is 0 Å². The molecule has 70 valence electrons. The molecule has 0 amide bonds. The van der Waals surface area contributed by atoms with Gasteiger partial charge in [-0.2, -0.15) is 0 Å². The number of rotatable bonds is 0. The molecule has 1 N–H and O–H groups in total. The van der Waals surface area contributed by atoms with Gasteiger partial charge in [0, 0.05) is 0 Å². The maximum absolute atomic E-state index is 9.55.